The largest absolute Gasteiger partial charge is 0.433 e. The predicted octanol–water partition coefficient (Wildman–Crippen LogP) is 1.96. The molecule has 2 saturated carbocycles. The van der Waals surface area contributed by atoms with Crippen molar-refractivity contribution in [3.05, 3.63) is 29.1 Å². The number of nitrogens with zero attached hydrogens (tertiary/aromatic N) is 1. The van der Waals surface area contributed by atoms with Crippen LogP contribution in [0.1, 0.15) is 41.0 Å². The molecule has 3 rings (SSSR count). The van der Waals surface area contributed by atoms with Gasteiger partial charge in [-0.2, -0.15) is 21.6 Å². The molecule has 1 heterocycles. The first-order valence-electron chi connectivity index (χ1n) is 9.49. The Balaban J connectivity index is 1.83. The summed E-state index contributed by atoms with van der Waals surface area (Å²) < 4.78 is 70.7. The molecular weight excluding hydrogens is 443 g/mol. The Bertz CT molecular complexity index is 984. The fourth-order valence-electron chi connectivity index (χ4n) is 3.93. The number of carbonyl (C=O) groups excluding carboxylic acids is 3. The van der Waals surface area contributed by atoms with Crippen molar-refractivity contribution in [3.63, 3.8) is 0 Å². The van der Waals surface area contributed by atoms with E-state index in [1.165, 1.54) is 0 Å². The molecular formula is C19H20F3NO7S. The van der Waals surface area contributed by atoms with E-state index in [2.05, 4.69) is 9.17 Å². The third kappa shape index (κ3) is 5.36. The summed E-state index contributed by atoms with van der Waals surface area (Å²) in [5.41, 5.74) is -1.96. The van der Waals surface area contributed by atoms with E-state index in [1.54, 1.807) is 0 Å². The van der Waals surface area contributed by atoms with E-state index in [1.807, 2.05) is 0 Å². The number of ether oxygens (including phenoxy) is 1. The Morgan fingerprint density at radius 3 is 2.29 bits per heavy atom. The van der Waals surface area contributed by atoms with Gasteiger partial charge in [0.15, 0.2) is 17.3 Å². The van der Waals surface area contributed by atoms with Crippen molar-refractivity contribution in [2.24, 2.45) is 17.8 Å². The minimum Gasteiger partial charge on any atom is -0.373 e. The average molecular weight is 463 g/mol. The maximum Gasteiger partial charge on any atom is 0.433 e. The third-order valence-electron chi connectivity index (χ3n) is 5.36. The molecule has 31 heavy (non-hydrogen) atoms. The molecule has 12 heteroatoms. The van der Waals surface area contributed by atoms with Crippen LogP contribution in [0.4, 0.5) is 13.2 Å². The van der Waals surface area contributed by atoms with E-state index in [-0.39, 0.29) is 18.8 Å². The monoisotopic (exact) mass is 463 g/mol. The van der Waals surface area contributed by atoms with Crippen molar-refractivity contribution in [2.75, 3.05) is 19.5 Å². The van der Waals surface area contributed by atoms with Crippen LogP contribution in [0.5, 0.6) is 0 Å². The molecule has 0 radical (unpaired) electrons. The van der Waals surface area contributed by atoms with Crippen LogP contribution in [0.25, 0.3) is 0 Å². The van der Waals surface area contributed by atoms with Gasteiger partial charge in [-0.25, -0.2) is 4.98 Å². The molecule has 2 aliphatic rings. The highest BCUT2D eigenvalue weighted by Crippen LogP contribution is 2.41. The van der Waals surface area contributed by atoms with Crippen molar-refractivity contribution < 1.29 is 44.9 Å². The highest BCUT2D eigenvalue weighted by Gasteiger charge is 2.50. The number of aromatic nitrogens is 1. The maximum atomic E-state index is 13.1. The maximum absolute atomic E-state index is 13.1. The fraction of sp³-hybridized carbons (Fsp3) is 0.579. The summed E-state index contributed by atoms with van der Waals surface area (Å²) >= 11 is 0. The van der Waals surface area contributed by atoms with E-state index in [9.17, 15) is 36.0 Å². The van der Waals surface area contributed by atoms with Crippen LogP contribution >= 0.6 is 0 Å². The Morgan fingerprint density at radius 1 is 1.13 bits per heavy atom. The molecule has 170 valence electrons. The third-order valence-corrected chi connectivity index (χ3v) is 5.96. The average Bonchev–Trinajstić information content (AvgIpc) is 3.12. The number of alkyl halides is 3. The first-order valence-corrected chi connectivity index (χ1v) is 11.3. The van der Waals surface area contributed by atoms with Gasteiger partial charge in [-0.3, -0.25) is 18.6 Å². The van der Waals surface area contributed by atoms with Crippen LogP contribution in [-0.2, 0) is 41.4 Å². The van der Waals surface area contributed by atoms with Crippen LogP contribution in [0, 0.1) is 17.8 Å². The number of carbonyl (C=O) groups is 3. The molecule has 0 aliphatic heterocycles. The number of hydrogen-bond acceptors (Lipinski definition) is 8. The van der Waals surface area contributed by atoms with Crippen molar-refractivity contribution in [3.8, 4) is 0 Å². The van der Waals surface area contributed by atoms with Gasteiger partial charge >= 0.3 is 6.18 Å². The molecule has 8 nitrogen and oxygen atoms in total. The summed E-state index contributed by atoms with van der Waals surface area (Å²) in [7, 11) is -3.72. The van der Waals surface area contributed by atoms with Crippen LogP contribution in [-0.4, -0.2) is 50.2 Å². The highest BCUT2D eigenvalue weighted by atomic mass is 32.2. The first kappa shape index (κ1) is 23.5. The summed E-state index contributed by atoms with van der Waals surface area (Å²) in [5, 5.41) is 0. The second kappa shape index (κ2) is 8.75. The van der Waals surface area contributed by atoms with E-state index in [0.29, 0.717) is 25.3 Å². The molecule has 0 spiro atoms. The summed E-state index contributed by atoms with van der Waals surface area (Å²) in [6.07, 6.45) is -2.53. The molecule has 2 unspecified atom stereocenters. The second-order valence-electron chi connectivity index (χ2n) is 7.58. The Morgan fingerprint density at radius 2 is 1.74 bits per heavy atom. The first-order chi connectivity index (χ1) is 14.4. The standard InChI is InChI=1S/C19H20F3NO7S/c1-31(27,28)30-7-6-29-9-13-12(4-5-14(23-13)19(20,21)22)18(26)15-16(24)10-2-3-11(8-10)17(15)25/h4-5,10-11,15H,2-3,6-9H2,1H3. The van der Waals surface area contributed by atoms with Gasteiger partial charge in [-0.05, 0) is 31.4 Å². The normalized spacial score (nSPS) is 23.9. The van der Waals surface area contributed by atoms with Gasteiger partial charge in [0, 0.05) is 17.4 Å². The Kier molecular flexibility index (Phi) is 6.63. The lowest BCUT2D eigenvalue weighted by Gasteiger charge is -2.25. The van der Waals surface area contributed by atoms with Crippen molar-refractivity contribution in [1.82, 2.24) is 4.98 Å². The smallest absolute Gasteiger partial charge is 0.373 e. The minimum atomic E-state index is -4.79. The number of ketones is 3. The quantitative estimate of drug-likeness (QED) is 0.249. The van der Waals surface area contributed by atoms with E-state index in [0.717, 1.165) is 12.3 Å². The zero-order valence-corrected chi connectivity index (χ0v) is 17.3. The van der Waals surface area contributed by atoms with Crippen molar-refractivity contribution in [2.45, 2.75) is 32.0 Å². The lowest BCUT2D eigenvalue weighted by atomic mass is 9.75. The van der Waals surface area contributed by atoms with Gasteiger partial charge in [0.25, 0.3) is 10.1 Å². The Labute approximate surface area is 176 Å². The highest BCUT2D eigenvalue weighted by molar-refractivity contribution is 7.85. The SMILES string of the molecule is CS(=O)(=O)OCCOCc1nc(C(F)(F)F)ccc1C(=O)C1C(=O)C2CCC(C2)C1=O. The van der Waals surface area contributed by atoms with Crippen LogP contribution in [0.2, 0.25) is 0 Å². The summed E-state index contributed by atoms with van der Waals surface area (Å²) in [6.45, 7) is -1.26. The molecule has 0 N–H and O–H groups in total. The van der Waals surface area contributed by atoms with Gasteiger partial charge in [0.1, 0.15) is 11.6 Å². The van der Waals surface area contributed by atoms with Crippen molar-refractivity contribution >= 4 is 27.5 Å². The summed E-state index contributed by atoms with van der Waals surface area (Å²) in [4.78, 5) is 41.7. The number of rotatable bonds is 8. The van der Waals surface area contributed by atoms with Crippen molar-refractivity contribution in [1.29, 1.82) is 0 Å². The zero-order chi connectivity index (χ0) is 23.0. The van der Waals surface area contributed by atoms with Gasteiger partial charge < -0.3 is 4.74 Å². The lowest BCUT2D eigenvalue weighted by molar-refractivity contribution is -0.141. The van der Waals surface area contributed by atoms with Crippen LogP contribution in [0.15, 0.2) is 12.1 Å². The number of pyridine rings is 1. The Hall–Kier alpha value is -2.18. The molecule has 1 aromatic heterocycles. The predicted molar refractivity (Wildman–Crippen MR) is 98.4 cm³/mol. The molecule has 0 aromatic carbocycles. The van der Waals surface area contributed by atoms with Crippen LogP contribution in [0.3, 0.4) is 0 Å². The topological polar surface area (TPSA) is 117 Å². The van der Waals surface area contributed by atoms with Gasteiger partial charge in [0.2, 0.25) is 0 Å². The van der Waals surface area contributed by atoms with E-state index >= 15 is 0 Å². The molecule has 2 aliphatic carbocycles. The number of halogens is 3. The molecule has 2 fully saturated rings. The molecule has 2 bridgehead atoms. The number of Topliss-reactive ketones (excluding diaryl/α,β-unsaturated/α-hetero) is 3. The van der Waals surface area contributed by atoms with Gasteiger partial charge in [0.05, 0.1) is 31.8 Å². The minimum absolute atomic E-state index is 0.301. The molecule has 2 atom stereocenters. The lowest BCUT2D eigenvalue weighted by Crippen LogP contribution is -2.42. The van der Waals surface area contributed by atoms with Gasteiger partial charge in [-0.1, -0.05) is 0 Å². The second-order valence-corrected chi connectivity index (χ2v) is 9.22. The zero-order valence-electron chi connectivity index (χ0n) is 16.5. The van der Waals surface area contributed by atoms with Crippen LogP contribution < -0.4 is 0 Å². The van der Waals surface area contributed by atoms with E-state index in [4.69, 9.17) is 4.74 Å². The number of hydrogen-bond donors (Lipinski definition) is 0. The summed E-state index contributed by atoms with van der Waals surface area (Å²) in [6, 6.07) is 1.50. The fourth-order valence-corrected chi connectivity index (χ4v) is 4.30. The van der Waals surface area contributed by atoms with Gasteiger partial charge in [-0.15, -0.1) is 0 Å². The molecule has 0 amide bonds. The molecule has 1 aromatic rings. The molecule has 0 saturated heterocycles. The van der Waals surface area contributed by atoms with E-state index < -0.39 is 69.4 Å². The number of fused-ring (bicyclic) bond motifs is 2. The summed E-state index contributed by atoms with van der Waals surface area (Å²) in [5.74, 6) is -4.23.